The number of nitrogens with one attached hydrogen (secondary N) is 1. The fraction of sp³-hybridized carbons (Fsp3) is 0.308. The molecule has 1 saturated heterocycles. The Morgan fingerprint density at radius 1 is 1.35 bits per heavy atom. The van der Waals surface area contributed by atoms with Crippen molar-refractivity contribution in [3.63, 3.8) is 0 Å². The Hall–Kier alpha value is -1.81. The van der Waals surface area contributed by atoms with Crippen LogP contribution in [0.3, 0.4) is 0 Å². The largest absolute Gasteiger partial charge is 0.480 e. The first kappa shape index (κ1) is 10.4. The van der Waals surface area contributed by atoms with Crippen molar-refractivity contribution in [2.75, 3.05) is 6.54 Å². The van der Waals surface area contributed by atoms with E-state index in [-0.39, 0.29) is 0 Å². The molecular formula is C13H14N2O2. The molecule has 1 aromatic rings. The number of carboxylic acids is 1. The number of fused-ring (bicyclic) bond motifs is 1. The number of hydrogen-bond acceptors (Lipinski definition) is 3. The van der Waals surface area contributed by atoms with Crippen molar-refractivity contribution >= 4 is 5.97 Å². The molecule has 1 aromatic carbocycles. The second-order valence-electron chi connectivity index (χ2n) is 4.44. The Morgan fingerprint density at radius 3 is 2.82 bits per heavy atom. The Bertz CT molecular complexity index is 470. The van der Waals surface area contributed by atoms with E-state index in [4.69, 9.17) is 5.11 Å². The Kier molecular flexibility index (Phi) is 2.37. The maximum Gasteiger partial charge on any atom is 0.326 e. The lowest BCUT2D eigenvalue weighted by molar-refractivity contribution is -0.138. The molecule has 0 radical (unpaired) electrons. The summed E-state index contributed by atoms with van der Waals surface area (Å²) in [5.74, 6) is -0.494. The van der Waals surface area contributed by atoms with Gasteiger partial charge in [0.05, 0.1) is 0 Å². The highest BCUT2D eigenvalue weighted by molar-refractivity contribution is 5.76. The first-order valence-corrected chi connectivity index (χ1v) is 5.79. The molecule has 2 unspecified atom stereocenters. The van der Waals surface area contributed by atoms with Crippen LogP contribution in [-0.2, 0) is 4.79 Å². The number of carbonyl (C=O) groups is 1. The van der Waals surface area contributed by atoms with Crippen molar-refractivity contribution < 1.29 is 9.90 Å². The summed E-state index contributed by atoms with van der Waals surface area (Å²) in [5.41, 5.74) is 5.35. The van der Waals surface area contributed by atoms with Gasteiger partial charge in [0.1, 0.15) is 6.04 Å². The number of rotatable bonds is 2. The zero-order valence-electron chi connectivity index (χ0n) is 9.34. The molecule has 0 spiro atoms. The van der Waals surface area contributed by atoms with E-state index in [1.165, 1.54) is 5.56 Å². The molecule has 3 rings (SSSR count). The number of benzene rings is 1. The van der Waals surface area contributed by atoms with Crippen LogP contribution in [0.2, 0.25) is 0 Å². The van der Waals surface area contributed by atoms with Crippen molar-refractivity contribution in [3.8, 4) is 0 Å². The summed E-state index contributed by atoms with van der Waals surface area (Å²) < 4.78 is 0. The van der Waals surface area contributed by atoms with Gasteiger partial charge in [-0.3, -0.25) is 4.79 Å². The number of hydrogen-bond donors (Lipinski definition) is 2. The zero-order valence-corrected chi connectivity index (χ0v) is 9.34. The first-order valence-electron chi connectivity index (χ1n) is 5.79. The summed E-state index contributed by atoms with van der Waals surface area (Å²) in [5, 5.41) is 11.0. The van der Waals surface area contributed by atoms with Gasteiger partial charge in [-0.2, -0.15) is 0 Å². The smallest absolute Gasteiger partial charge is 0.326 e. The standard InChI is InChI=1S/C13H14N2O2/c16-13(17)11-8-12-10(6-7-15(12)14-11)9-4-2-1-3-5-9/h1-5,8,10-11,14H,6-7H2,(H,16,17). The van der Waals surface area contributed by atoms with Gasteiger partial charge in [-0.05, 0) is 18.1 Å². The third-order valence-electron chi connectivity index (χ3n) is 3.41. The summed E-state index contributed by atoms with van der Waals surface area (Å²) in [7, 11) is 0. The molecule has 2 N–H and O–H groups in total. The molecule has 0 aromatic heterocycles. The van der Waals surface area contributed by atoms with Gasteiger partial charge in [-0.25, -0.2) is 5.43 Å². The molecule has 0 bridgehead atoms. The average Bonchev–Trinajstić information content (AvgIpc) is 2.89. The molecule has 88 valence electrons. The van der Waals surface area contributed by atoms with E-state index in [0.29, 0.717) is 5.92 Å². The van der Waals surface area contributed by atoms with Crippen molar-refractivity contribution in [2.45, 2.75) is 18.4 Å². The van der Waals surface area contributed by atoms with Gasteiger partial charge < -0.3 is 10.1 Å². The summed E-state index contributed by atoms with van der Waals surface area (Å²) >= 11 is 0. The molecule has 2 heterocycles. The highest BCUT2D eigenvalue weighted by atomic mass is 16.4. The molecule has 17 heavy (non-hydrogen) atoms. The van der Waals surface area contributed by atoms with Crippen LogP contribution in [0.1, 0.15) is 17.9 Å². The van der Waals surface area contributed by atoms with Crippen LogP contribution in [0.4, 0.5) is 0 Å². The van der Waals surface area contributed by atoms with Gasteiger partial charge in [0, 0.05) is 18.2 Å². The Labute approximate surface area is 99.5 Å². The number of aliphatic carboxylic acids is 1. The van der Waals surface area contributed by atoms with Gasteiger partial charge in [0.15, 0.2) is 0 Å². The second kappa shape index (κ2) is 3.89. The lowest BCUT2D eigenvalue weighted by Gasteiger charge is -2.17. The van der Waals surface area contributed by atoms with E-state index in [1.807, 2.05) is 29.3 Å². The molecule has 2 aliphatic heterocycles. The molecule has 2 aliphatic rings. The van der Waals surface area contributed by atoms with Crippen LogP contribution in [0.25, 0.3) is 0 Å². The van der Waals surface area contributed by atoms with E-state index < -0.39 is 12.0 Å². The van der Waals surface area contributed by atoms with Crippen molar-refractivity contribution in [1.82, 2.24) is 10.4 Å². The third kappa shape index (κ3) is 1.70. The minimum Gasteiger partial charge on any atom is -0.480 e. The fourth-order valence-corrected chi connectivity index (χ4v) is 2.59. The molecule has 0 amide bonds. The maximum absolute atomic E-state index is 10.9. The maximum atomic E-state index is 10.9. The van der Waals surface area contributed by atoms with E-state index in [0.717, 1.165) is 18.7 Å². The van der Waals surface area contributed by atoms with Gasteiger partial charge in [0.25, 0.3) is 0 Å². The molecular weight excluding hydrogens is 216 g/mol. The molecule has 0 aliphatic carbocycles. The molecule has 4 nitrogen and oxygen atoms in total. The highest BCUT2D eigenvalue weighted by Gasteiger charge is 2.36. The van der Waals surface area contributed by atoms with Gasteiger partial charge in [-0.1, -0.05) is 30.3 Å². The molecule has 0 saturated carbocycles. The van der Waals surface area contributed by atoms with Crippen LogP contribution in [0.5, 0.6) is 0 Å². The molecule has 1 fully saturated rings. The minimum absolute atomic E-state index is 0.327. The van der Waals surface area contributed by atoms with Crippen LogP contribution < -0.4 is 5.43 Å². The average molecular weight is 230 g/mol. The Balaban J connectivity index is 1.89. The van der Waals surface area contributed by atoms with Gasteiger partial charge >= 0.3 is 5.97 Å². The predicted molar refractivity (Wildman–Crippen MR) is 63.1 cm³/mol. The SMILES string of the molecule is O=C(O)C1C=C2C(c3ccccc3)CCN2N1. The Morgan fingerprint density at radius 2 is 2.12 bits per heavy atom. The van der Waals surface area contributed by atoms with E-state index in [9.17, 15) is 4.79 Å². The van der Waals surface area contributed by atoms with Gasteiger partial charge in [-0.15, -0.1) is 0 Å². The first-order chi connectivity index (χ1) is 8.25. The van der Waals surface area contributed by atoms with Crippen molar-refractivity contribution in [3.05, 3.63) is 47.7 Å². The lowest BCUT2D eigenvalue weighted by Crippen LogP contribution is -2.39. The summed E-state index contributed by atoms with van der Waals surface area (Å²) in [4.78, 5) is 10.9. The summed E-state index contributed by atoms with van der Waals surface area (Å²) in [6.45, 7) is 0.870. The van der Waals surface area contributed by atoms with Crippen molar-refractivity contribution in [1.29, 1.82) is 0 Å². The zero-order chi connectivity index (χ0) is 11.8. The number of allylic oxidation sites excluding steroid dienone is 1. The number of hydrazine groups is 1. The number of nitrogens with zero attached hydrogens (tertiary/aromatic N) is 1. The predicted octanol–water partition coefficient (Wildman–Crippen LogP) is 1.33. The fourth-order valence-electron chi connectivity index (χ4n) is 2.59. The van der Waals surface area contributed by atoms with Gasteiger partial charge in [0.2, 0.25) is 0 Å². The van der Waals surface area contributed by atoms with Crippen LogP contribution in [0.15, 0.2) is 42.1 Å². The molecule has 2 atom stereocenters. The van der Waals surface area contributed by atoms with E-state index in [2.05, 4.69) is 17.6 Å². The van der Waals surface area contributed by atoms with Crippen LogP contribution in [0, 0.1) is 0 Å². The topological polar surface area (TPSA) is 52.6 Å². The van der Waals surface area contributed by atoms with Crippen LogP contribution >= 0.6 is 0 Å². The quantitative estimate of drug-likeness (QED) is 0.804. The summed E-state index contributed by atoms with van der Waals surface area (Å²) in [6, 6.07) is 9.67. The van der Waals surface area contributed by atoms with E-state index >= 15 is 0 Å². The normalized spacial score (nSPS) is 26.8. The van der Waals surface area contributed by atoms with E-state index in [1.54, 1.807) is 0 Å². The second-order valence-corrected chi connectivity index (χ2v) is 4.44. The highest BCUT2D eigenvalue weighted by Crippen LogP contribution is 2.37. The monoisotopic (exact) mass is 230 g/mol. The van der Waals surface area contributed by atoms with Crippen molar-refractivity contribution in [2.24, 2.45) is 0 Å². The summed E-state index contributed by atoms with van der Waals surface area (Å²) in [6.07, 6.45) is 2.86. The minimum atomic E-state index is -0.821. The lowest BCUT2D eigenvalue weighted by atomic mass is 9.95. The molecule has 4 heteroatoms. The number of carboxylic acid groups (broad SMARTS) is 1. The van der Waals surface area contributed by atoms with Crippen LogP contribution in [-0.4, -0.2) is 28.7 Å². The third-order valence-corrected chi connectivity index (χ3v) is 3.41.